The molecular formula is C21H22N2O2. The summed E-state index contributed by atoms with van der Waals surface area (Å²) in [5.74, 6) is 0.603. The van der Waals surface area contributed by atoms with Crippen LogP contribution in [0.5, 0.6) is 0 Å². The van der Waals surface area contributed by atoms with E-state index in [0.29, 0.717) is 25.5 Å². The lowest BCUT2D eigenvalue weighted by Crippen LogP contribution is -2.15. The quantitative estimate of drug-likeness (QED) is 0.797. The smallest absolute Gasteiger partial charge is 0.224 e. The molecule has 0 saturated carbocycles. The second-order valence-electron chi connectivity index (χ2n) is 5.85. The molecule has 0 bridgehead atoms. The number of nitrogens with one attached hydrogen (secondary N) is 1. The summed E-state index contributed by atoms with van der Waals surface area (Å²) in [5.41, 5.74) is 3.67. The van der Waals surface area contributed by atoms with E-state index in [9.17, 15) is 4.79 Å². The number of anilines is 1. The van der Waals surface area contributed by atoms with E-state index in [0.717, 1.165) is 28.8 Å². The van der Waals surface area contributed by atoms with Gasteiger partial charge in [-0.2, -0.15) is 0 Å². The minimum absolute atomic E-state index is 0.00605. The van der Waals surface area contributed by atoms with Gasteiger partial charge in [0.1, 0.15) is 6.61 Å². The molecule has 1 aliphatic rings. The molecule has 128 valence electrons. The van der Waals surface area contributed by atoms with Crippen LogP contribution in [0.3, 0.4) is 0 Å². The van der Waals surface area contributed by atoms with Crippen molar-refractivity contribution in [3.8, 4) is 0 Å². The van der Waals surface area contributed by atoms with Crippen LogP contribution in [0.2, 0.25) is 0 Å². The molecule has 0 unspecified atom stereocenters. The number of ether oxygens (including phenoxy) is 1. The molecule has 0 aromatic heterocycles. The summed E-state index contributed by atoms with van der Waals surface area (Å²) in [7, 11) is 0. The predicted octanol–water partition coefficient (Wildman–Crippen LogP) is 4.37. The Morgan fingerprint density at radius 3 is 2.72 bits per heavy atom. The van der Waals surface area contributed by atoms with E-state index in [1.54, 1.807) is 0 Å². The zero-order valence-corrected chi connectivity index (χ0v) is 14.4. The van der Waals surface area contributed by atoms with Crippen molar-refractivity contribution in [3.05, 3.63) is 65.2 Å². The van der Waals surface area contributed by atoms with E-state index in [1.165, 1.54) is 0 Å². The van der Waals surface area contributed by atoms with Crippen molar-refractivity contribution in [1.82, 2.24) is 0 Å². The highest BCUT2D eigenvalue weighted by Crippen LogP contribution is 2.25. The first-order valence-electron chi connectivity index (χ1n) is 8.61. The second-order valence-corrected chi connectivity index (χ2v) is 5.85. The Morgan fingerprint density at radius 1 is 1.16 bits per heavy atom. The van der Waals surface area contributed by atoms with E-state index < -0.39 is 0 Å². The number of amides is 1. The maximum Gasteiger partial charge on any atom is 0.224 e. The molecule has 2 aromatic rings. The lowest BCUT2D eigenvalue weighted by Gasteiger charge is -2.13. The van der Waals surface area contributed by atoms with Crippen LogP contribution in [-0.2, 0) is 9.53 Å². The Kier molecular flexibility index (Phi) is 5.62. The maximum atomic E-state index is 12.1. The van der Waals surface area contributed by atoms with Crippen LogP contribution in [0, 0.1) is 0 Å². The number of carbonyl (C=O) groups is 1. The Hall–Kier alpha value is -2.88. The average molecular weight is 334 g/mol. The number of aliphatic imine (C=N–C) groups is 1. The van der Waals surface area contributed by atoms with E-state index in [-0.39, 0.29) is 5.91 Å². The van der Waals surface area contributed by atoms with Crippen LogP contribution >= 0.6 is 0 Å². The Balaban J connectivity index is 1.96. The second kappa shape index (κ2) is 8.29. The molecule has 0 saturated heterocycles. The molecule has 1 amide bonds. The van der Waals surface area contributed by atoms with Crippen LogP contribution in [0.1, 0.15) is 36.5 Å². The highest BCUT2D eigenvalue weighted by Gasteiger charge is 2.19. The topological polar surface area (TPSA) is 50.7 Å². The Labute approximate surface area is 148 Å². The van der Waals surface area contributed by atoms with E-state index >= 15 is 0 Å². The van der Waals surface area contributed by atoms with Gasteiger partial charge in [0.15, 0.2) is 0 Å². The van der Waals surface area contributed by atoms with Gasteiger partial charge < -0.3 is 10.1 Å². The van der Waals surface area contributed by atoms with Gasteiger partial charge in [-0.1, -0.05) is 61.5 Å². The summed E-state index contributed by atoms with van der Waals surface area (Å²) < 4.78 is 5.68. The minimum atomic E-state index is 0.00605. The van der Waals surface area contributed by atoms with Crippen LogP contribution < -0.4 is 5.32 Å². The van der Waals surface area contributed by atoms with Crippen LogP contribution in [-0.4, -0.2) is 25.0 Å². The number of hydrogen-bond acceptors (Lipinski definition) is 3. The third-order valence-electron chi connectivity index (χ3n) is 3.90. The van der Waals surface area contributed by atoms with Crippen LogP contribution in [0.15, 0.2) is 53.5 Å². The van der Waals surface area contributed by atoms with Crippen LogP contribution in [0.4, 0.5) is 5.69 Å². The van der Waals surface area contributed by atoms with Gasteiger partial charge in [-0.15, -0.1) is 0 Å². The Morgan fingerprint density at radius 2 is 2.00 bits per heavy atom. The first-order valence-corrected chi connectivity index (χ1v) is 8.61. The third-order valence-corrected chi connectivity index (χ3v) is 3.90. The van der Waals surface area contributed by atoms with Crippen LogP contribution in [0.25, 0.3) is 12.2 Å². The number of benzene rings is 2. The van der Waals surface area contributed by atoms with Crippen molar-refractivity contribution >= 4 is 29.6 Å². The van der Waals surface area contributed by atoms with Gasteiger partial charge >= 0.3 is 0 Å². The zero-order chi connectivity index (χ0) is 17.5. The molecule has 2 aromatic carbocycles. The largest absolute Gasteiger partial charge is 0.475 e. The fraction of sp³-hybridized carbons (Fsp3) is 0.238. The molecule has 0 atom stereocenters. The van der Waals surface area contributed by atoms with Gasteiger partial charge in [-0.05, 0) is 23.6 Å². The Bertz CT molecular complexity index is 795. The van der Waals surface area contributed by atoms with E-state index in [2.05, 4.69) is 10.3 Å². The van der Waals surface area contributed by atoms with Gasteiger partial charge in [-0.3, -0.25) is 4.79 Å². The molecule has 4 heteroatoms. The minimum Gasteiger partial charge on any atom is -0.475 e. The van der Waals surface area contributed by atoms with Gasteiger partial charge in [-0.25, -0.2) is 4.99 Å². The summed E-state index contributed by atoms with van der Waals surface area (Å²) in [5, 5.41) is 2.99. The lowest BCUT2D eigenvalue weighted by molar-refractivity contribution is -0.116. The molecule has 4 nitrogen and oxygen atoms in total. The average Bonchev–Trinajstić information content (AvgIpc) is 3.15. The summed E-state index contributed by atoms with van der Waals surface area (Å²) in [4.78, 5) is 16.5. The molecule has 25 heavy (non-hydrogen) atoms. The number of nitrogens with zero attached hydrogens (tertiary/aromatic N) is 1. The fourth-order valence-electron chi connectivity index (χ4n) is 2.73. The molecule has 3 rings (SSSR count). The number of rotatable bonds is 6. The summed E-state index contributed by atoms with van der Waals surface area (Å²) in [6.45, 7) is 3.21. The van der Waals surface area contributed by atoms with Gasteiger partial charge in [0.2, 0.25) is 11.8 Å². The van der Waals surface area contributed by atoms with Crippen molar-refractivity contribution in [2.45, 2.75) is 19.8 Å². The molecule has 1 aliphatic heterocycles. The normalized spacial score (nSPS) is 13.6. The molecule has 0 radical (unpaired) electrons. The first-order chi connectivity index (χ1) is 12.3. The van der Waals surface area contributed by atoms with Crippen molar-refractivity contribution in [3.63, 3.8) is 0 Å². The van der Waals surface area contributed by atoms with Crippen molar-refractivity contribution in [2.75, 3.05) is 18.5 Å². The van der Waals surface area contributed by atoms with E-state index in [4.69, 9.17) is 4.74 Å². The summed E-state index contributed by atoms with van der Waals surface area (Å²) in [6, 6.07) is 15.9. The molecule has 1 heterocycles. The molecule has 1 N–H and O–H groups in total. The molecule has 0 fully saturated rings. The predicted molar refractivity (Wildman–Crippen MR) is 103 cm³/mol. The molecule has 0 spiro atoms. The first kappa shape index (κ1) is 17.0. The standard InChI is InChI=1S/C21H22N2O2/c1-2-7-19(24)23-18-11-6-10-17(20(18)21-22-14-15-25-21)13-12-16-8-4-3-5-9-16/h3-6,8-13H,2,7,14-15H2,1H3,(H,23,24)/b13-12+. The highest BCUT2D eigenvalue weighted by molar-refractivity contribution is 6.07. The van der Waals surface area contributed by atoms with Crippen molar-refractivity contribution in [2.24, 2.45) is 4.99 Å². The lowest BCUT2D eigenvalue weighted by atomic mass is 10.0. The van der Waals surface area contributed by atoms with Crippen molar-refractivity contribution in [1.29, 1.82) is 0 Å². The van der Waals surface area contributed by atoms with Gasteiger partial charge in [0.25, 0.3) is 0 Å². The monoisotopic (exact) mass is 334 g/mol. The molecular weight excluding hydrogens is 312 g/mol. The highest BCUT2D eigenvalue weighted by atomic mass is 16.5. The van der Waals surface area contributed by atoms with Gasteiger partial charge in [0.05, 0.1) is 17.8 Å². The SMILES string of the molecule is CCCC(=O)Nc1cccc(/C=C/c2ccccc2)c1C1=NCCO1. The summed E-state index contributed by atoms with van der Waals surface area (Å²) in [6.07, 6.45) is 5.39. The number of carbonyl (C=O) groups excluding carboxylic acids is 1. The van der Waals surface area contributed by atoms with E-state index in [1.807, 2.05) is 67.6 Å². The van der Waals surface area contributed by atoms with Gasteiger partial charge in [0, 0.05) is 6.42 Å². The number of hydrogen-bond donors (Lipinski definition) is 1. The summed E-state index contributed by atoms with van der Waals surface area (Å²) >= 11 is 0. The maximum absolute atomic E-state index is 12.1. The zero-order valence-electron chi connectivity index (χ0n) is 14.4. The third kappa shape index (κ3) is 4.35. The fourth-order valence-corrected chi connectivity index (χ4v) is 2.73. The van der Waals surface area contributed by atoms with Crippen molar-refractivity contribution < 1.29 is 9.53 Å². The molecule has 0 aliphatic carbocycles.